The molecular formula is C25H37N3O4. The van der Waals surface area contributed by atoms with E-state index in [0.717, 1.165) is 60.9 Å². The summed E-state index contributed by atoms with van der Waals surface area (Å²) in [6.07, 6.45) is 4.66. The smallest absolute Gasteiger partial charge is 0.309 e. The van der Waals surface area contributed by atoms with Crippen molar-refractivity contribution in [3.63, 3.8) is 0 Å². The molecule has 7 heteroatoms. The standard InChI is InChI=1S/C25H37N3O4/c1-16(2)32-22(29)11-13-31-18-14-17(8-7-12-27(3)4)24-20(15-18)23-19(25(26)30)9-6-10-21(23)28(24)5/h14-16,19H,6-13H2,1-5H3,(H2,26,30). The lowest BCUT2D eigenvalue weighted by atomic mass is 9.84. The van der Waals surface area contributed by atoms with E-state index < -0.39 is 0 Å². The van der Waals surface area contributed by atoms with Gasteiger partial charge in [0, 0.05) is 18.1 Å². The van der Waals surface area contributed by atoms with Crippen LogP contribution in [-0.4, -0.2) is 54.7 Å². The van der Waals surface area contributed by atoms with Crippen molar-refractivity contribution in [2.45, 2.75) is 64.4 Å². The monoisotopic (exact) mass is 443 g/mol. The number of carbonyl (C=O) groups excluding carboxylic acids is 2. The van der Waals surface area contributed by atoms with E-state index in [1.54, 1.807) is 0 Å². The minimum atomic E-state index is -0.270. The predicted molar refractivity (Wildman–Crippen MR) is 126 cm³/mol. The zero-order valence-corrected chi connectivity index (χ0v) is 20.1. The van der Waals surface area contributed by atoms with Crippen LogP contribution in [-0.2, 0) is 34.2 Å². The van der Waals surface area contributed by atoms with Gasteiger partial charge >= 0.3 is 5.97 Å². The van der Waals surface area contributed by atoms with Gasteiger partial charge in [0.05, 0.1) is 30.6 Å². The molecule has 0 radical (unpaired) electrons. The SMILES string of the molecule is CC(C)OC(=O)CCOc1cc(CCCN(C)C)c2c(c1)c1c(n2C)CCCC1C(N)=O. The minimum Gasteiger partial charge on any atom is -0.493 e. The first-order chi connectivity index (χ1) is 15.2. The summed E-state index contributed by atoms with van der Waals surface area (Å²) in [5, 5.41) is 1.05. The maximum atomic E-state index is 12.2. The average Bonchev–Trinajstić information content (AvgIpc) is 2.99. The lowest BCUT2D eigenvalue weighted by Gasteiger charge is -2.21. The number of amides is 1. The van der Waals surface area contributed by atoms with Crippen molar-refractivity contribution in [2.75, 3.05) is 27.2 Å². The Balaban J connectivity index is 1.96. The molecule has 1 aliphatic rings. The van der Waals surface area contributed by atoms with Crippen LogP contribution >= 0.6 is 0 Å². The first kappa shape index (κ1) is 24.1. The average molecular weight is 444 g/mol. The molecule has 0 bridgehead atoms. The molecule has 1 aromatic carbocycles. The number of aryl methyl sites for hydroxylation is 2. The van der Waals surface area contributed by atoms with Gasteiger partial charge in [0.2, 0.25) is 5.91 Å². The van der Waals surface area contributed by atoms with E-state index in [9.17, 15) is 9.59 Å². The van der Waals surface area contributed by atoms with Crippen molar-refractivity contribution in [1.29, 1.82) is 0 Å². The summed E-state index contributed by atoms with van der Waals surface area (Å²) < 4.78 is 13.4. The quantitative estimate of drug-likeness (QED) is 0.570. The number of aromatic nitrogens is 1. The summed E-state index contributed by atoms with van der Waals surface area (Å²) in [6.45, 7) is 4.91. The van der Waals surface area contributed by atoms with Gasteiger partial charge in [0.15, 0.2) is 0 Å². The number of ether oxygens (including phenoxy) is 2. The summed E-state index contributed by atoms with van der Waals surface area (Å²) in [5.74, 6) is -0.0845. The van der Waals surface area contributed by atoms with E-state index >= 15 is 0 Å². The Bertz CT molecular complexity index is 977. The molecule has 1 aromatic heterocycles. The van der Waals surface area contributed by atoms with Crippen LogP contribution in [0.2, 0.25) is 0 Å². The van der Waals surface area contributed by atoms with Crippen LogP contribution in [0.3, 0.4) is 0 Å². The van der Waals surface area contributed by atoms with Crippen molar-refractivity contribution in [3.8, 4) is 5.75 Å². The Morgan fingerprint density at radius 2 is 2.03 bits per heavy atom. The second-order valence-corrected chi connectivity index (χ2v) is 9.29. The van der Waals surface area contributed by atoms with Gasteiger partial charge in [-0.3, -0.25) is 9.59 Å². The number of hydrogen-bond donors (Lipinski definition) is 1. The fourth-order valence-electron chi connectivity index (χ4n) is 4.77. The third-order valence-corrected chi connectivity index (χ3v) is 6.10. The largest absolute Gasteiger partial charge is 0.493 e. The predicted octanol–water partition coefficient (Wildman–Crippen LogP) is 3.30. The molecule has 32 heavy (non-hydrogen) atoms. The Hall–Kier alpha value is -2.54. The van der Waals surface area contributed by atoms with Gasteiger partial charge in [0.25, 0.3) is 0 Å². The summed E-state index contributed by atoms with van der Waals surface area (Å²) >= 11 is 0. The maximum absolute atomic E-state index is 12.2. The lowest BCUT2D eigenvalue weighted by Crippen LogP contribution is -2.25. The maximum Gasteiger partial charge on any atom is 0.309 e. The zero-order chi connectivity index (χ0) is 23.4. The Morgan fingerprint density at radius 1 is 1.28 bits per heavy atom. The van der Waals surface area contributed by atoms with Crippen molar-refractivity contribution in [2.24, 2.45) is 12.8 Å². The van der Waals surface area contributed by atoms with Gasteiger partial charge in [-0.25, -0.2) is 0 Å². The number of fused-ring (bicyclic) bond motifs is 3. The molecule has 3 rings (SSSR count). The van der Waals surface area contributed by atoms with Crippen molar-refractivity contribution in [3.05, 3.63) is 29.0 Å². The van der Waals surface area contributed by atoms with Gasteiger partial charge in [-0.05, 0) is 89.9 Å². The number of nitrogens with two attached hydrogens (primary N) is 1. The second kappa shape index (κ2) is 10.4. The Kier molecular flexibility index (Phi) is 7.82. The molecule has 2 aromatic rings. The third kappa shape index (κ3) is 5.44. The normalized spacial score (nSPS) is 15.9. The molecule has 0 aliphatic heterocycles. The summed E-state index contributed by atoms with van der Waals surface area (Å²) in [4.78, 5) is 26.3. The number of primary amides is 1. The van der Waals surface area contributed by atoms with E-state index in [0.29, 0.717) is 0 Å². The van der Waals surface area contributed by atoms with Crippen molar-refractivity contribution in [1.82, 2.24) is 9.47 Å². The highest BCUT2D eigenvalue weighted by molar-refractivity contribution is 5.95. The molecule has 0 fully saturated rings. The molecule has 0 spiro atoms. The fourth-order valence-corrected chi connectivity index (χ4v) is 4.77. The van der Waals surface area contributed by atoms with E-state index in [4.69, 9.17) is 15.2 Å². The Labute approximate surface area is 190 Å². The highest BCUT2D eigenvalue weighted by Gasteiger charge is 2.31. The van der Waals surface area contributed by atoms with Crippen LogP contribution in [0.5, 0.6) is 5.75 Å². The van der Waals surface area contributed by atoms with Crippen molar-refractivity contribution < 1.29 is 19.1 Å². The van der Waals surface area contributed by atoms with Gasteiger partial charge in [-0.1, -0.05) is 0 Å². The van der Waals surface area contributed by atoms with Crippen LogP contribution in [0.25, 0.3) is 10.9 Å². The number of rotatable bonds is 10. The molecule has 0 saturated carbocycles. The molecule has 1 aliphatic carbocycles. The second-order valence-electron chi connectivity index (χ2n) is 9.29. The molecule has 1 amide bonds. The molecule has 7 nitrogen and oxygen atoms in total. The molecule has 1 heterocycles. The highest BCUT2D eigenvalue weighted by atomic mass is 16.5. The Morgan fingerprint density at radius 3 is 2.69 bits per heavy atom. The first-order valence-corrected chi connectivity index (χ1v) is 11.6. The zero-order valence-electron chi connectivity index (χ0n) is 20.1. The number of carbonyl (C=O) groups is 2. The van der Waals surface area contributed by atoms with Crippen LogP contribution in [0, 0.1) is 0 Å². The van der Waals surface area contributed by atoms with Gasteiger partial charge in [-0.2, -0.15) is 0 Å². The molecular weight excluding hydrogens is 406 g/mol. The highest BCUT2D eigenvalue weighted by Crippen LogP contribution is 2.41. The van der Waals surface area contributed by atoms with E-state index in [-0.39, 0.29) is 36.9 Å². The first-order valence-electron chi connectivity index (χ1n) is 11.6. The summed E-state index contributed by atoms with van der Waals surface area (Å²) in [7, 11) is 6.23. The van der Waals surface area contributed by atoms with Gasteiger partial charge in [-0.15, -0.1) is 0 Å². The fraction of sp³-hybridized carbons (Fsp3) is 0.600. The molecule has 2 N–H and O–H groups in total. The van der Waals surface area contributed by atoms with Crippen LogP contribution in [0.15, 0.2) is 12.1 Å². The van der Waals surface area contributed by atoms with E-state index in [1.165, 1.54) is 11.3 Å². The van der Waals surface area contributed by atoms with Crippen LogP contribution in [0.1, 0.15) is 62.3 Å². The number of esters is 1. The third-order valence-electron chi connectivity index (χ3n) is 6.10. The molecule has 0 saturated heterocycles. The van der Waals surface area contributed by atoms with Gasteiger partial charge < -0.3 is 24.7 Å². The number of benzene rings is 1. The summed E-state index contributed by atoms with van der Waals surface area (Å²) in [5.41, 5.74) is 10.4. The minimum absolute atomic E-state index is 0.135. The number of nitrogens with zero attached hydrogens (tertiary/aromatic N) is 2. The van der Waals surface area contributed by atoms with E-state index in [1.807, 2.05) is 19.9 Å². The molecule has 1 unspecified atom stereocenters. The lowest BCUT2D eigenvalue weighted by molar-refractivity contribution is -0.147. The summed E-state index contributed by atoms with van der Waals surface area (Å²) in [6, 6.07) is 4.09. The van der Waals surface area contributed by atoms with Crippen LogP contribution < -0.4 is 10.5 Å². The molecule has 176 valence electrons. The van der Waals surface area contributed by atoms with Crippen LogP contribution in [0.4, 0.5) is 0 Å². The van der Waals surface area contributed by atoms with E-state index in [2.05, 4.69) is 36.7 Å². The van der Waals surface area contributed by atoms with Gasteiger partial charge in [0.1, 0.15) is 5.75 Å². The molecule has 1 atom stereocenters. The number of hydrogen-bond acceptors (Lipinski definition) is 5. The topological polar surface area (TPSA) is 86.8 Å². The van der Waals surface area contributed by atoms with Crippen molar-refractivity contribution >= 4 is 22.8 Å².